The van der Waals surface area contributed by atoms with Crippen LogP contribution in [0, 0.1) is 0 Å². The molecule has 0 fully saturated rings. The molecule has 0 aliphatic rings. The van der Waals surface area contributed by atoms with Crippen molar-refractivity contribution in [2.24, 2.45) is 5.10 Å². The van der Waals surface area contributed by atoms with Crippen LogP contribution < -0.4 is 10.2 Å². The lowest BCUT2D eigenvalue weighted by molar-refractivity contribution is 0.0529. The number of nitrogens with zero attached hydrogens (tertiary/aromatic N) is 1. The Morgan fingerprint density at radius 3 is 2.39 bits per heavy atom. The highest BCUT2D eigenvalue weighted by atomic mass is 16.6. The molecule has 5 heteroatoms. The minimum atomic E-state index is -0.577. The van der Waals surface area contributed by atoms with E-state index in [0.717, 1.165) is 11.3 Å². The Kier molecular flexibility index (Phi) is 4.71. The Bertz CT molecular complexity index is 419. The second kappa shape index (κ2) is 6.05. The van der Waals surface area contributed by atoms with Crippen LogP contribution in [0.3, 0.4) is 0 Å². The van der Waals surface area contributed by atoms with E-state index in [4.69, 9.17) is 9.47 Å². The molecule has 5 nitrogen and oxygen atoms in total. The third-order valence-corrected chi connectivity index (χ3v) is 1.88. The van der Waals surface area contributed by atoms with Crippen molar-refractivity contribution in [3.05, 3.63) is 29.8 Å². The molecule has 1 N–H and O–H groups in total. The van der Waals surface area contributed by atoms with Crippen molar-refractivity contribution in [1.82, 2.24) is 5.43 Å². The number of amides is 1. The van der Waals surface area contributed by atoms with Crippen LogP contribution in [0.15, 0.2) is 29.4 Å². The summed E-state index contributed by atoms with van der Waals surface area (Å²) in [4.78, 5) is 11.3. The Balaban J connectivity index is 2.47. The van der Waals surface area contributed by atoms with Crippen molar-refractivity contribution in [2.75, 3.05) is 7.11 Å². The van der Waals surface area contributed by atoms with Gasteiger partial charge < -0.3 is 9.47 Å². The first-order chi connectivity index (χ1) is 8.40. The molecule has 1 aromatic rings. The van der Waals surface area contributed by atoms with Gasteiger partial charge in [0.2, 0.25) is 0 Å². The summed E-state index contributed by atoms with van der Waals surface area (Å²) in [6.45, 7) is 5.37. The van der Waals surface area contributed by atoms with E-state index in [9.17, 15) is 4.79 Å². The monoisotopic (exact) mass is 250 g/mol. The average molecular weight is 250 g/mol. The van der Waals surface area contributed by atoms with Crippen molar-refractivity contribution < 1.29 is 14.3 Å². The number of carbonyl (C=O) groups excluding carboxylic acids is 1. The molecule has 0 atom stereocenters. The van der Waals surface area contributed by atoms with E-state index in [1.54, 1.807) is 27.9 Å². The second-order valence-electron chi connectivity index (χ2n) is 4.65. The van der Waals surface area contributed by atoms with Crippen molar-refractivity contribution >= 4 is 12.3 Å². The van der Waals surface area contributed by atoms with Gasteiger partial charge in [0.05, 0.1) is 13.3 Å². The van der Waals surface area contributed by atoms with E-state index in [2.05, 4.69) is 10.5 Å². The van der Waals surface area contributed by atoms with Gasteiger partial charge in [0, 0.05) is 0 Å². The van der Waals surface area contributed by atoms with Gasteiger partial charge in [-0.25, -0.2) is 10.2 Å². The van der Waals surface area contributed by atoms with E-state index in [-0.39, 0.29) is 0 Å². The summed E-state index contributed by atoms with van der Waals surface area (Å²) < 4.78 is 10.1. The van der Waals surface area contributed by atoms with Gasteiger partial charge >= 0.3 is 6.09 Å². The van der Waals surface area contributed by atoms with Crippen LogP contribution in [0.1, 0.15) is 26.3 Å². The molecule has 0 aromatic heterocycles. The van der Waals surface area contributed by atoms with Crippen LogP contribution in [0.5, 0.6) is 5.75 Å². The highest BCUT2D eigenvalue weighted by Gasteiger charge is 2.15. The van der Waals surface area contributed by atoms with Crippen molar-refractivity contribution in [3.8, 4) is 5.75 Å². The summed E-state index contributed by atoms with van der Waals surface area (Å²) in [5, 5.41) is 3.79. The second-order valence-corrected chi connectivity index (χ2v) is 4.65. The third-order valence-electron chi connectivity index (χ3n) is 1.88. The lowest BCUT2D eigenvalue weighted by Crippen LogP contribution is -2.29. The van der Waals surface area contributed by atoms with Crippen LogP contribution in [0.4, 0.5) is 4.79 Å². The molecule has 1 amide bonds. The van der Waals surface area contributed by atoms with Crippen molar-refractivity contribution in [1.29, 1.82) is 0 Å². The molecular weight excluding hydrogens is 232 g/mol. The Labute approximate surface area is 107 Å². The first-order valence-corrected chi connectivity index (χ1v) is 5.57. The largest absolute Gasteiger partial charge is 0.497 e. The molecule has 0 aliphatic carbocycles. The zero-order valence-corrected chi connectivity index (χ0v) is 11.1. The molecule has 18 heavy (non-hydrogen) atoms. The SMILES string of the molecule is COc1ccc(C=NNC(=O)OC(C)(C)C)cc1. The lowest BCUT2D eigenvalue weighted by atomic mass is 10.2. The standard InChI is InChI=1S/C13H18N2O3/c1-13(2,3)18-12(16)15-14-9-10-5-7-11(17-4)8-6-10/h5-9H,1-4H3,(H,15,16). The van der Waals surface area contributed by atoms with Gasteiger partial charge in [-0.1, -0.05) is 0 Å². The minimum Gasteiger partial charge on any atom is -0.497 e. The fourth-order valence-electron chi connectivity index (χ4n) is 1.15. The highest BCUT2D eigenvalue weighted by molar-refractivity contribution is 5.81. The predicted molar refractivity (Wildman–Crippen MR) is 70.0 cm³/mol. The minimum absolute atomic E-state index is 0.528. The van der Waals surface area contributed by atoms with Crippen LogP contribution in [0.25, 0.3) is 0 Å². The molecule has 0 saturated carbocycles. The van der Waals surface area contributed by atoms with Crippen LogP contribution >= 0.6 is 0 Å². The Hall–Kier alpha value is -2.04. The van der Waals surface area contributed by atoms with E-state index >= 15 is 0 Å². The number of carbonyl (C=O) groups is 1. The zero-order chi connectivity index (χ0) is 13.6. The van der Waals surface area contributed by atoms with Gasteiger partial charge in [0.25, 0.3) is 0 Å². The van der Waals surface area contributed by atoms with Crippen molar-refractivity contribution in [3.63, 3.8) is 0 Å². The van der Waals surface area contributed by atoms with Gasteiger partial charge in [0.1, 0.15) is 11.4 Å². The van der Waals surface area contributed by atoms with Gasteiger partial charge in [-0.05, 0) is 50.6 Å². The number of hydrazone groups is 1. The van der Waals surface area contributed by atoms with E-state index in [1.165, 1.54) is 6.21 Å². The van der Waals surface area contributed by atoms with E-state index < -0.39 is 11.7 Å². The number of rotatable bonds is 3. The summed E-state index contributed by atoms with van der Waals surface area (Å²) in [5.41, 5.74) is 2.62. The van der Waals surface area contributed by atoms with Crippen LogP contribution in [0.2, 0.25) is 0 Å². The first kappa shape index (κ1) is 14.0. The lowest BCUT2D eigenvalue weighted by Gasteiger charge is -2.18. The highest BCUT2D eigenvalue weighted by Crippen LogP contribution is 2.09. The van der Waals surface area contributed by atoms with Crippen LogP contribution in [-0.2, 0) is 4.74 Å². The maximum absolute atomic E-state index is 11.3. The van der Waals surface area contributed by atoms with Gasteiger partial charge in [-0.2, -0.15) is 5.10 Å². The first-order valence-electron chi connectivity index (χ1n) is 5.57. The summed E-state index contributed by atoms with van der Waals surface area (Å²) in [6, 6.07) is 7.29. The quantitative estimate of drug-likeness (QED) is 0.662. The van der Waals surface area contributed by atoms with E-state index in [1.807, 2.05) is 24.3 Å². The molecule has 0 saturated heterocycles. The fourth-order valence-corrected chi connectivity index (χ4v) is 1.15. The van der Waals surface area contributed by atoms with Gasteiger partial charge in [-0.15, -0.1) is 0 Å². The number of benzene rings is 1. The molecule has 0 aliphatic heterocycles. The maximum Gasteiger partial charge on any atom is 0.428 e. The Morgan fingerprint density at radius 2 is 1.89 bits per heavy atom. The Morgan fingerprint density at radius 1 is 1.28 bits per heavy atom. The molecule has 0 heterocycles. The number of hydrogen-bond acceptors (Lipinski definition) is 4. The number of ether oxygens (including phenoxy) is 2. The number of hydrogen-bond donors (Lipinski definition) is 1. The fraction of sp³-hybridized carbons (Fsp3) is 0.385. The molecule has 0 radical (unpaired) electrons. The van der Waals surface area contributed by atoms with Gasteiger partial charge in [0.15, 0.2) is 0 Å². The van der Waals surface area contributed by atoms with Gasteiger partial charge in [-0.3, -0.25) is 0 Å². The molecule has 98 valence electrons. The topological polar surface area (TPSA) is 59.9 Å². The number of methoxy groups -OCH3 is 1. The maximum atomic E-state index is 11.3. The summed E-state index contributed by atoms with van der Waals surface area (Å²) in [7, 11) is 1.60. The third kappa shape index (κ3) is 5.34. The average Bonchev–Trinajstić information content (AvgIpc) is 2.27. The number of nitrogens with one attached hydrogen (secondary N) is 1. The van der Waals surface area contributed by atoms with E-state index in [0.29, 0.717) is 0 Å². The molecular formula is C13H18N2O3. The zero-order valence-electron chi connectivity index (χ0n) is 11.1. The molecule has 1 rings (SSSR count). The normalized spacial score (nSPS) is 11.3. The molecule has 0 bridgehead atoms. The molecule has 0 spiro atoms. The molecule has 0 unspecified atom stereocenters. The molecule has 1 aromatic carbocycles. The summed E-state index contributed by atoms with van der Waals surface area (Å²) in [5.74, 6) is 0.771. The predicted octanol–water partition coefficient (Wildman–Crippen LogP) is 2.55. The van der Waals surface area contributed by atoms with Crippen LogP contribution in [-0.4, -0.2) is 25.0 Å². The summed E-state index contributed by atoms with van der Waals surface area (Å²) >= 11 is 0. The summed E-state index contributed by atoms with van der Waals surface area (Å²) in [6.07, 6.45) is 0.955. The smallest absolute Gasteiger partial charge is 0.428 e. The van der Waals surface area contributed by atoms with Crippen molar-refractivity contribution in [2.45, 2.75) is 26.4 Å².